The van der Waals surface area contributed by atoms with Crippen molar-refractivity contribution in [1.29, 1.82) is 0 Å². The Morgan fingerprint density at radius 1 is 1.10 bits per heavy atom. The van der Waals surface area contributed by atoms with Crippen LogP contribution in [0, 0.1) is 13.8 Å². The third-order valence-electron chi connectivity index (χ3n) is 1.12. The third kappa shape index (κ3) is 4.20. The first kappa shape index (κ1) is 13.0. The summed E-state index contributed by atoms with van der Waals surface area (Å²) in [7, 11) is 0. The summed E-state index contributed by atoms with van der Waals surface area (Å²) in [5.74, 6) is 0. The van der Waals surface area contributed by atoms with E-state index in [2.05, 4.69) is 26.0 Å². The fourth-order valence-electron chi connectivity index (χ4n) is 0.588. The van der Waals surface area contributed by atoms with E-state index in [1.165, 1.54) is 5.56 Å². The van der Waals surface area contributed by atoms with Crippen molar-refractivity contribution in [3.05, 3.63) is 42.3 Å². The molecule has 1 rings (SSSR count). The number of rotatable bonds is 0. The molecule has 0 aromatic heterocycles. The number of benzene rings is 1. The fraction of sp³-hybridized carbons (Fsp3) is 0.125. The standard InChI is InChI=1S/C8H9.BrH.Mg/c1-7-3-5-8(2)6-4-7;;/h3-6H,1H2,2H3;1H;/q-1;;+2/p-1. The van der Waals surface area contributed by atoms with Gasteiger partial charge in [-0.25, -0.2) is 0 Å². The fourth-order valence-corrected chi connectivity index (χ4v) is 0.588. The zero-order valence-corrected chi connectivity index (χ0v) is 9.10. The molecule has 0 aliphatic heterocycles. The molecule has 0 radical (unpaired) electrons. The Hall–Kier alpha value is 0.336. The maximum absolute atomic E-state index is 3.76. The largest absolute Gasteiger partial charge is 2.00 e. The molecule has 1 aromatic carbocycles. The van der Waals surface area contributed by atoms with Crippen LogP contribution in [-0.2, 0) is 0 Å². The van der Waals surface area contributed by atoms with Gasteiger partial charge in [-0.1, -0.05) is 5.56 Å². The van der Waals surface area contributed by atoms with Crippen LogP contribution in [0.2, 0.25) is 0 Å². The number of aryl methyl sites for hydroxylation is 1. The molecule has 0 unspecified atom stereocenters. The van der Waals surface area contributed by atoms with Gasteiger partial charge in [-0.05, 0) is 6.92 Å². The van der Waals surface area contributed by atoms with Crippen molar-refractivity contribution >= 4 is 23.1 Å². The minimum Gasteiger partial charge on any atom is -1.00 e. The Kier molecular flexibility index (Phi) is 7.87. The van der Waals surface area contributed by atoms with Gasteiger partial charge in [-0.2, -0.15) is 24.6 Å². The van der Waals surface area contributed by atoms with Gasteiger partial charge in [0.15, 0.2) is 0 Å². The van der Waals surface area contributed by atoms with Crippen molar-refractivity contribution in [2.45, 2.75) is 6.92 Å². The molecule has 1 aromatic rings. The van der Waals surface area contributed by atoms with Crippen LogP contribution in [-0.4, -0.2) is 23.1 Å². The van der Waals surface area contributed by atoms with E-state index in [4.69, 9.17) is 0 Å². The Morgan fingerprint density at radius 2 is 1.50 bits per heavy atom. The second-order valence-corrected chi connectivity index (χ2v) is 1.99. The van der Waals surface area contributed by atoms with E-state index in [-0.39, 0.29) is 40.0 Å². The predicted molar refractivity (Wildman–Crippen MR) is 41.4 cm³/mol. The molecule has 0 bridgehead atoms. The summed E-state index contributed by atoms with van der Waals surface area (Å²) in [6.45, 7) is 5.83. The summed E-state index contributed by atoms with van der Waals surface area (Å²) in [4.78, 5) is 0. The molecule has 10 heavy (non-hydrogen) atoms. The van der Waals surface area contributed by atoms with Crippen LogP contribution in [0.25, 0.3) is 0 Å². The summed E-state index contributed by atoms with van der Waals surface area (Å²) in [6.07, 6.45) is 0. The van der Waals surface area contributed by atoms with Gasteiger partial charge in [0.05, 0.1) is 0 Å². The molecule has 0 N–H and O–H groups in total. The van der Waals surface area contributed by atoms with Crippen LogP contribution in [0.1, 0.15) is 11.1 Å². The number of hydrogen-bond acceptors (Lipinski definition) is 0. The van der Waals surface area contributed by atoms with Crippen LogP contribution in [0.15, 0.2) is 24.3 Å². The van der Waals surface area contributed by atoms with Gasteiger partial charge >= 0.3 is 23.1 Å². The number of hydrogen-bond donors (Lipinski definition) is 0. The monoisotopic (exact) mass is 208 g/mol. The second-order valence-electron chi connectivity index (χ2n) is 1.99. The normalized spacial score (nSPS) is 7.30. The molecule has 0 fully saturated rings. The van der Waals surface area contributed by atoms with Gasteiger partial charge in [0.25, 0.3) is 0 Å². The van der Waals surface area contributed by atoms with Crippen LogP contribution in [0.3, 0.4) is 0 Å². The van der Waals surface area contributed by atoms with Crippen molar-refractivity contribution in [3.63, 3.8) is 0 Å². The average Bonchev–Trinajstić information content (AvgIpc) is 1.77. The first-order valence-electron chi connectivity index (χ1n) is 2.67. The molecule has 2 heteroatoms. The van der Waals surface area contributed by atoms with E-state index in [0.29, 0.717) is 0 Å². The van der Waals surface area contributed by atoms with E-state index < -0.39 is 0 Å². The molecule has 0 atom stereocenters. The summed E-state index contributed by atoms with van der Waals surface area (Å²) >= 11 is 0. The average molecular weight is 209 g/mol. The van der Waals surface area contributed by atoms with Crippen molar-refractivity contribution in [1.82, 2.24) is 0 Å². The van der Waals surface area contributed by atoms with Gasteiger partial charge in [0.2, 0.25) is 0 Å². The minimum atomic E-state index is 0. The minimum absolute atomic E-state index is 0. The summed E-state index contributed by atoms with van der Waals surface area (Å²) < 4.78 is 0. The van der Waals surface area contributed by atoms with Crippen LogP contribution < -0.4 is 17.0 Å². The van der Waals surface area contributed by atoms with E-state index in [1.807, 2.05) is 12.1 Å². The zero-order valence-electron chi connectivity index (χ0n) is 6.10. The number of halogens is 1. The quantitative estimate of drug-likeness (QED) is 0.372. The van der Waals surface area contributed by atoms with Crippen LogP contribution >= 0.6 is 0 Å². The maximum Gasteiger partial charge on any atom is 2.00 e. The van der Waals surface area contributed by atoms with Crippen molar-refractivity contribution in [2.75, 3.05) is 0 Å². The van der Waals surface area contributed by atoms with Crippen molar-refractivity contribution < 1.29 is 17.0 Å². The SMILES string of the molecule is [Br-].[CH2-]c1ccc(C)cc1.[Mg+2]. The molecule has 50 valence electrons. The summed E-state index contributed by atoms with van der Waals surface area (Å²) in [5.41, 5.74) is 2.37. The smallest absolute Gasteiger partial charge is 1.00 e. The van der Waals surface area contributed by atoms with Gasteiger partial charge in [0.1, 0.15) is 0 Å². The van der Waals surface area contributed by atoms with Crippen LogP contribution in [0.4, 0.5) is 0 Å². The Balaban J connectivity index is 0. The van der Waals surface area contributed by atoms with E-state index in [1.54, 1.807) is 0 Å². The molecule has 0 saturated heterocycles. The molecule has 0 saturated carbocycles. The van der Waals surface area contributed by atoms with Crippen LogP contribution in [0.5, 0.6) is 0 Å². The third-order valence-corrected chi connectivity index (χ3v) is 1.12. The zero-order chi connectivity index (χ0) is 5.98. The maximum atomic E-state index is 3.76. The van der Waals surface area contributed by atoms with Gasteiger partial charge in [-0.3, -0.25) is 0 Å². The molecule has 0 spiro atoms. The molecule has 0 amide bonds. The summed E-state index contributed by atoms with van der Waals surface area (Å²) in [6, 6.07) is 8.13. The molecule has 0 aliphatic rings. The molecule has 0 aliphatic carbocycles. The first-order valence-corrected chi connectivity index (χ1v) is 2.67. The Bertz CT molecular complexity index is 148. The molecule has 0 heterocycles. The molecular formula is C8H9BrMg. The Morgan fingerprint density at radius 3 is 1.80 bits per heavy atom. The van der Waals surface area contributed by atoms with E-state index >= 15 is 0 Å². The molecular weight excluding hydrogens is 200 g/mol. The predicted octanol–water partition coefficient (Wildman–Crippen LogP) is -1.20. The van der Waals surface area contributed by atoms with Crippen molar-refractivity contribution in [3.8, 4) is 0 Å². The van der Waals surface area contributed by atoms with Gasteiger partial charge < -0.3 is 17.0 Å². The van der Waals surface area contributed by atoms with Gasteiger partial charge in [-0.15, -0.1) is 12.1 Å². The first-order chi connectivity index (χ1) is 3.79. The topological polar surface area (TPSA) is 0 Å². The Labute approximate surface area is 88.9 Å². The van der Waals surface area contributed by atoms with Gasteiger partial charge in [0, 0.05) is 0 Å². The van der Waals surface area contributed by atoms with E-state index in [0.717, 1.165) is 5.56 Å². The summed E-state index contributed by atoms with van der Waals surface area (Å²) in [5, 5.41) is 0. The molecule has 0 nitrogen and oxygen atoms in total. The van der Waals surface area contributed by atoms with E-state index in [9.17, 15) is 0 Å². The van der Waals surface area contributed by atoms with Crippen molar-refractivity contribution in [2.24, 2.45) is 0 Å². The second kappa shape index (κ2) is 6.07.